The number of nitrogens with one attached hydrogen (secondary N) is 1. The van der Waals surface area contributed by atoms with Gasteiger partial charge in [-0.25, -0.2) is 4.39 Å². The smallest absolute Gasteiger partial charge is 0.244 e. The summed E-state index contributed by atoms with van der Waals surface area (Å²) < 4.78 is 15.8. The molecule has 3 nitrogen and oxygen atoms in total. The van der Waals surface area contributed by atoms with Gasteiger partial charge in [0.2, 0.25) is 5.91 Å². The number of carbonyl (C=O) groups is 1. The van der Waals surface area contributed by atoms with E-state index in [1.165, 1.54) is 22.7 Å². The minimum absolute atomic E-state index is 0.154. The lowest BCUT2D eigenvalue weighted by atomic mass is 10.1. The van der Waals surface area contributed by atoms with Crippen molar-refractivity contribution < 1.29 is 9.18 Å². The number of para-hydroxylation sites is 1. The van der Waals surface area contributed by atoms with Crippen molar-refractivity contribution in [1.82, 2.24) is 9.88 Å². The van der Waals surface area contributed by atoms with Gasteiger partial charge in [-0.3, -0.25) is 4.79 Å². The monoisotopic (exact) mass is 350 g/mol. The Morgan fingerprint density at radius 3 is 2.54 bits per heavy atom. The summed E-state index contributed by atoms with van der Waals surface area (Å²) in [4.78, 5) is 12.0. The first-order valence-corrected chi connectivity index (χ1v) is 8.73. The van der Waals surface area contributed by atoms with Gasteiger partial charge >= 0.3 is 0 Å². The largest absolute Gasteiger partial charge is 0.351 e. The van der Waals surface area contributed by atoms with Gasteiger partial charge in [-0.1, -0.05) is 18.2 Å². The molecule has 0 spiro atoms. The average molecular weight is 350 g/mol. The molecule has 0 unspecified atom stereocenters. The highest BCUT2D eigenvalue weighted by molar-refractivity contribution is 5.91. The molecule has 0 aliphatic heterocycles. The molecule has 0 atom stereocenters. The second-order valence-electron chi connectivity index (χ2n) is 6.59. The van der Waals surface area contributed by atoms with Crippen LogP contribution in [-0.2, 0) is 11.3 Å². The Labute approximate surface area is 153 Å². The summed E-state index contributed by atoms with van der Waals surface area (Å²) in [6, 6.07) is 13.8. The van der Waals surface area contributed by atoms with E-state index in [1.807, 2.05) is 12.1 Å². The van der Waals surface area contributed by atoms with Gasteiger partial charge in [0, 0.05) is 30.4 Å². The van der Waals surface area contributed by atoms with Crippen molar-refractivity contribution in [2.45, 2.75) is 27.3 Å². The van der Waals surface area contributed by atoms with Gasteiger partial charge in [-0.05, 0) is 73.2 Å². The van der Waals surface area contributed by atoms with Gasteiger partial charge < -0.3 is 9.88 Å². The lowest BCUT2D eigenvalue weighted by Gasteiger charge is -2.09. The standard InChI is InChI=1S/C22H23FN2O/c1-15-12-18(13-16(2)22(15)23)8-9-21(26)24-10-11-25-17(3)14-19-6-4-5-7-20(19)25/h4-9,12-14H,10-11H2,1-3H3,(H,24,26)/b9-8+. The van der Waals surface area contributed by atoms with E-state index >= 15 is 0 Å². The number of hydrogen-bond acceptors (Lipinski definition) is 1. The third kappa shape index (κ3) is 3.85. The maximum Gasteiger partial charge on any atom is 0.244 e. The molecule has 1 heterocycles. The van der Waals surface area contributed by atoms with E-state index in [1.54, 1.807) is 32.1 Å². The Morgan fingerprint density at radius 2 is 1.81 bits per heavy atom. The molecule has 0 saturated carbocycles. The van der Waals surface area contributed by atoms with Crippen molar-refractivity contribution in [3.05, 3.63) is 76.7 Å². The van der Waals surface area contributed by atoms with Crippen LogP contribution in [0.15, 0.2) is 48.5 Å². The van der Waals surface area contributed by atoms with Gasteiger partial charge in [-0.2, -0.15) is 0 Å². The zero-order valence-corrected chi connectivity index (χ0v) is 15.3. The summed E-state index contributed by atoms with van der Waals surface area (Å²) in [5.74, 6) is -0.348. The molecule has 1 amide bonds. The molecule has 1 N–H and O–H groups in total. The van der Waals surface area contributed by atoms with Crippen LogP contribution in [0.25, 0.3) is 17.0 Å². The average Bonchev–Trinajstić information content (AvgIpc) is 2.93. The van der Waals surface area contributed by atoms with Crippen LogP contribution in [0.1, 0.15) is 22.4 Å². The van der Waals surface area contributed by atoms with Crippen LogP contribution >= 0.6 is 0 Å². The Balaban J connectivity index is 1.60. The fraction of sp³-hybridized carbons (Fsp3) is 0.227. The highest BCUT2D eigenvalue weighted by atomic mass is 19.1. The number of halogens is 1. The number of rotatable bonds is 5. The van der Waals surface area contributed by atoms with Crippen molar-refractivity contribution in [1.29, 1.82) is 0 Å². The van der Waals surface area contributed by atoms with E-state index in [-0.39, 0.29) is 11.7 Å². The minimum atomic E-state index is -0.194. The predicted octanol–water partition coefficient (Wildman–Crippen LogP) is 4.54. The van der Waals surface area contributed by atoms with Gasteiger partial charge in [0.05, 0.1) is 0 Å². The molecule has 0 bridgehead atoms. The summed E-state index contributed by atoms with van der Waals surface area (Å²) in [6.45, 7) is 6.78. The van der Waals surface area contributed by atoms with Crippen molar-refractivity contribution in [2.75, 3.05) is 6.54 Å². The number of hydrogen-bond donors (Lipinski definition) is 1. The van der Waals surface area contributed by atoms with E-state index in [9.17, 15) is 9.18 Å². The highest BCUT2D eigenvalue weighted by Gasteiger charge is 2.05. The molecule has 0 fully saturated rings. The molecule has 134 valence electrons. The maximum absolute atomic E-state index is 13.6. The first-order chi connectivity index (χ1) is 12.5. The van der Waals surface area contributed by atoms with Crippen LogP contribution in [0.2, 0.25) is 0 Å². The molecule has 26 heavy (non-hydrogen) atoms. The molecule has 0 saturated heterocycles. The molecule has 0 aliphatic rings. The zero-order valence-electron chi connectivity index (χ0n) is 15.3. The van der Waals surface area contributed by atoms with Crippen LogP contribution in [0.4, 0.5) is 4.39 Å². The van der Waals surface area contributed by atoms with E-state index in [2.05, 4.69) is 35.0 Å². The van der Waals surface area contributed by atoms with Crippen LogP contribution in [0.5, 0.6) is 0 Å². The summed E-state index contributed by atoms with van der Waals surface area (Å²) >= 11 is 0. The second-order valence-corrected chi connectivity index (χ2v) is 6.59. The summed E-state index contributed by atoms with van der Waals surface area (Å²) in [7, 11) is 0. The lowest BCUT2D eigenvalue weighted by molar-refractivity contribution is -0.116. The van der Waals surface area contributed by atoms with Crippen molar-refractivity contribution >= 4 is 22.9 Å². The SMILES string of the molecule is Cc1cc(/C=C/C(=O)NCCn2c(C)cc3ccccc32)cc(C)c1F. The van der Waals surface area contributed by atoms with Gasteiger partial charge in [-0.15, -0.1) is 0 Å². The number of nitrogens with zero attached hydrogens (tertiary/aromatic N) is 1. The topological polar surface area (TPSA) is 34.0 Å². The molecule has 4 heteroatoms. The second kappa shape index (κ2) is 7.56. The Kier molecular flexibility index (Phi) is 5.21. The highest BCUT2D eigenvalue weighted by Crippen LogP contribution is 2.18. The molecule has 2 aromatic carbocycles. The molecule has 0 aliphatic carbocycles. The molecule has 3 aromatic rings. The summed E-state index contributed by atoms with van der Waals surface area (Å²) in [5.41, 5.74) is 4.34. The quantitative estimate of drug-likeness (QED) is 0.674. The van der Waals surface area contributed by atoms with Crippen LogP contribution in [0.3, 0.4) is 0 Å². The van der Waals surface area contributed by atoms with Crippen LogP contribution in [-0.4, -0.2) is 17.0 Å². The van der Waals surface area contributed by atoms with E-state index in [0.717, 1.165) is 5.56 Å². The maximum atomic E-state index is 13.6. The fourth-order valence-electron chi connectivity index (χ4n) is 3.24. The van der Waals surface area contributed by atoms with Crippen LogP contribution in [0, 0.1) is 26.6 Å². The van der Waals surface area contributed by atoms with Gasteiger partial charge in [0.25, 0.3) is 0 Å². The lowest BCUT2D eigenvalue weighted by Crippen LogP contribution is -2.25. The summed E-state index contributed by atoms with van der Waals surface area (Å²) in [5, 5.41) is 4.11. The number of benzene rings is 2. The number of aryl methyl sites for hydroxylation is 3. The fourth-order valence-corrected chi connectivity index (χ4v) is 3.24. The zero-order chi connectivity index (χ0) is 18.7. The van der Waals surface area contributed by atoms with Crippen LogP contribution < -0.4 is 5.32 Å². The van der Waals surface area contributed by atoms with E-state index < -0.39 is 0 Å². The number of fused-ring (bicyclic) bond motifs is 1. The molecular weight excluding hydrogens is 327 g/mol. The van der Waals surface area contributed by atoms with Crippen molar-refractivity contribution in [3.8, 4) is 0 Å². The number of amides is 1. The van der Waals surface area contributed by atoms with Gasteiger partial charge in [0.1, 0.15) is 5.82 Å². The third-order valence-corrected chi connectivity index (χ3v) is 4.54. The molecule has 0 radical (unpaired) electrons. The van der Waals surface area contributed by atoms with E-state index in [0.29, 0.717) is 24.2 Å². The minimum Gasteiger partial charge on any atom is -0.351 e. The van der Waals surface area contributed by atoms with E-state index in [4.69, 9.17) is 0 Å². The van der Waals surface area contributed by atoms with Crippen molar-refractivity contribution in [2.24, 2.45) is 0 Å². The molecule has 3 rings (SSSR count). The molecule has 1 aromatic heterocycles. The number of aromatic nitrogens is 1. The Morgan fingerprint density at radius 1 is 1.12 bits per heavy atom. The summed E-state index contributed by atoms with van der Waals surface area (Å²) in [6.07, 6.45) is 3.21. The van der Waals surface area contributed by atoms with Crippen molar-refractivity contribution in [3.63, 3.8) is 0 Å². The number of carbonyl (C=O) groups excluding carboxylic acids is 1. The Hall–Kier alpha value is -2.88. The first-order valence-electron chi connectivity index (χ1n) is 8.73. The third-order valence-electron chi connectivity index (χ3n) is 4.54. The van der Waals surface area contributed by atoms with Gasteiger partial charge in [0.15, 0.2) is 0 Å². The normalized spacial score (nSPS) is 11.4. The molecular formula is C22H23FN2O. The Bertz CT molecular complexity index is 962. The predicted molar refractivity (Wildman–Crippen MR) is 105 cm³/mol. The first kappa shape index (κ1) is 17.9.